The minimum Gasteiger partial charge on any atom is -0.423 e. The molecule has 0 radical (unpaired) electrons. The van der Waals surface area contributed by atoms with Crippen LogP contribution >= 0.6 is 0 Å². The molecular weight excluding hydrogens is 346 g/mol. The summed E-state index contributed by atoms with van der Waals surface area (Å²) < 4.78 is 5.18. The molecule has 3 amide bonds. The molecule has 0 atom stereocenters. The fraction of sp³-hybridized carbons (Fsp3) is 0.158. The van der Waals surface area contributed by atoms with Crippen molar-refractivity contribution >= 4 is 23.3 Å². The summed E-state index contributed by atoms with van der Waals surface area (Å²) in [5.74, 6) is 0.0883. The van der Waals surface area contributed by atoms with Gasteiger partial charge in [0.05, 0.1) is 5.69 Å². The van der Waals surface area contributed by atoms with Gasteiger partial charge in [-0.1, -0.05) is 12.1 Å². The number of nitrogens with zero attached hydrogens (tertiary/aromatic N) is 3. The Kier molecular flexibility index (Phi) is 4.29. The summed E-state index contributed by atoms with van der Waals surface area (Å²) in [5.41, 5.74) is 3.40. The zero-order valence-corrected chi connectivity index (χ0v) is 14.6. The Labute approximate surface area is 155 Å². The summed E-state index contributed by atoms with van der Waals surface area (Å²) in [7, 11) is 0. The molecule has 1 aromatic heterocycles. The van der Waals surface area contributed by atoms with E-state index in [2.05, 4.69) is 20.8 Å². The molecule has 27 heavy (non-hydrogen) atoms. The molecule has 1 fully saturated rings. The lowest BCUT2D eigenvalue weighted by Crippen LogP contribution is -2.28. The zero-order valence-electron chi connectivity index (χ0n) is 14.6. The molecule has 8 heteroatoms. The van der Waals surface area contributed by atoms with Crippen molar-refractivity contribution in [3.8, 4) is 11.5 Å². The highest BCUT2D eigenvalue weighted by molar-refractivity contribution is 6.06. The lowest BCUT2D eigenvalue weighted by Gasteiger charge is -2.19. The molecule has 2 heterocycles. The van der Waals surface area contributed by atoms with Gasteiger partial charge in [-0.3, -0.25) is 9.69 Å². The summed E-state index contributed by atoms with van der Waals surface area (Å²) in [6, 6.07) is 12.3. The summed E-state index contributed by atoms with van der Waals surface area (Å²) in [6.07, 6.45) is 1.24. The lowest BCUT2D eigenvalue weighted by molar-refractivity contribution is 0.102. The van der Waals surface area contributed by atoms with Crippen molar-refractivity contribution < 1.29 is 14.0 Å². The molecule has 0 saturated carbocycles. The summed E-state index contributed by atoms with van der Waals surface area (Å²) in [6.45, 7) is 3.09. The van der Waals surface area contributed by atoms with Crippen LogP contribution < -0.4 is 15.5 Å². The van der Waals surface area contributed by atoms with Gasteiger partial charge < -0.3 is 15.1 Å². The summed E-state index contributed by atoms with van der Waals surface area (Å²) in [5, 5.41) is 13.2. The number of rotatable bonds is 4. The average molecular weight is 363 g/mol. The van der Waals surface area contributed by atoms with Gasteiger partial charge in [-0.05, 0) is 42.8 Å². The molecule has 0 spiro atoms. The molecule has 2 N–H and O–H groups in total. The topological polar surface area (TPSA) is 100 Å². The lowest BCUT2D eigenvalue weighted by atomic mass is 10.1. The first-order valence-corrected chi connectivity index (χ1v) is 8.46. The van der Waals surface area contributed by atoms with E-state index >= 15 is 0 Å². The van der Waals surface area contributed by atoms with Crippen LogP contribution in [0.5, 0.6) is 0 Å². The number of carbonyl (C=O) groups is 2. The number of amides is 3. The van der Waals surface area contributed by atoms with Gasteiger partial charge in [0, 0.05) is 29.9 Å². The maximum atomic E-state index is 12.7. The number of hydrogen-bond acceptors (Lipinski definition) is 5. The van der Waals surface area contributed by atoms with Crippen molar-refractivity contribution in [2.75, 3.05) is 23.3 Å². The van der Waals surface area contributed by atoms with Crippen molar-refractivity contribution in [2.24, 2.45) is 0 Å². The smallest absolute Gasteiger partial charge is 0.322 e. The second kappa shape index (κ2) is 6.91. The molecule has 2 aromatic carbocycles. The molecule has 1 aliphatic rings. The standard InChI is InChI=1S/C19H17N5O3/c1-12-15(6-3-7-16(12)24-9-8-20-19(24)26)22-17(25)13-4-2-5-14(10-13)18-23-21-11-27-18/h2-7,10-11H,8-9H2,1H3,(H,20,26)(H,22,25). The summed E-state index contributed by atoms with van der Waals surface area (Å²) in [4.78, 5) is 26.3. The van der Waals surface area contributed by atoms with E-state index in [0.29, 0.717) is 35.8 Å². The fourth-order valence-corrected chi connectivity index (χ4v) is 3.04. The normalized spacial score (nSPS) is 13.5. The van der Waals surface area contributed by atoms with Crippen LogP contribution in [-0.2, 0) is 0 Å². The number of hydrogen-bond donors (Lipinski definition) is 2. The molecule has 8 nitrogen and oxygen atoms in total. The fourth-order valence-electron chi connectivity index (χ4n) is 3.04. The van der Waals surface area contributed by atoms with E-state index in [1.54, 1.807) is 29.2 Å². The first-order chi connectivity index (χ1) is 13.1. The van der Waals surface area contributed by atoms with Crippen molar-refractivity contribution in [2.45, 2.75) is 6.92 Å². The van der Waals surface area contributed by atoms with E-state index < -0.39 is 0 Å². The van der Waals surface area contributed by atoms with Crippen molar-refractivity contribution in [1.29, 1.82) is 0 Å². The van der Waals surface area contributed by atoms with Gasteiger partial charge in [-0.2, -0.15) is 0 Å². The number of carbonyl (C=O) groups excluding carboxylic acids is 2. The third-order valence-electron chi connectivity index (χ3n) is 4.43. The van der Waals surface area contributed by atoms with E-state index in [9.17, 15) is 9.59 Å². The van der Waals surface area contributed by atoms with E-state index in [4.69, 9.17) is 4.42 Å². The third kappa shape index (κ3) is 3.24. The minimum absolute atomic E-state index is 0.131. The molecule has 136 valence electrons. The number of benzene rings is 2. The van der Waals surface area contributed by atoms with E-state index in [1.165, 1.54) is 6.39 Å². The number of aromatic nitrogens is 2. The van der Waals surface area contributed by atoms with Gasteiger partial charge in [0.1, 0.15) is 0 Å². The van der Waals surface area contributed by atoms with Crippen molar-refractivity contribution in [1.82, 2.24) is 15.5 Å². The highest BCUT2D eigenvalue weighted by atomic mass is 16.4. The number of urea groups is 1. The Bertz CT molecular complexity index is 1000. The van der Waals surface area contributed by atoms with Crippen LogP contribution in [0, 0.1) is 6.92 Å². The Hall–Kier alpha value is -3.68. The maximum Gasteiger partial charge on any atom is 0.322 e. The quantitative estimate of drug-likeness (QED) is 0.742. The van der Waals surface area contributed by atoms with Crippen molar-refractivity contribution in [3.63, 3.8) is 0 Å². The van der Waals surface area contributed by atoms with Gasteiger partial charge in [-0.25, -0.2) is 4.79 Å². The largest absolute Gasteiger partial charge is 0.423 e. The number of nitrogens with one attached hydrogen (secondary N) is 2. The van der Waals surface area contributed by atoms with Crippen LogP contribution in [0.4, 0.5) is 16.2 Å². The van der Waals surface area contributed by atoms with Crippen LogP contribution in [0.25, 0.3) is 11.5 Å². The van der Waals surface area contributed by atoms with Crippen LogP contribution in [-0.4, -0.2) is 35.2 Å². The van der Waals surface area contributed by atoms with Gasteiger partial charge in [0.2, 0.25) is 12.3 Å². The highest BCUT2D eigenvalue weighted by Gasteiger charge is 2.23. The van der Waals surface area contributed by atoms with Crippen LogP contribution in [0.15, 0.2) is 53.3 Å². The van der Waals surface area contributed by atoms with Crippen molar-refractivity contribution in [3.05, 3.63) is 60.0 Å². The SMILES string of the molecule is Cc1c(NC(=O)c2cccc(-c3nnco3)c2)cccc1N1CCNC1=O. The predicted octanol–water partition coefficient (Wildman–Crippen LogP) is 2.83. The number of anilines is 2. The molecule has 0 unspecified atom stereocenters. The maximum absolute atomic E-state index is 12.7. The third-order valence-corrected chi connectivity index (χ3v) is 4.43. The molecule has 1 saturated heterocycles. The zero-order chi connectivity index (χ0) is 18.8. The second-order valence-corrected chi connectivity index (χ2v) is 6.11. The van der Waals surface area contributed by atoms with Gasteiger partial charge in [0.25, 0.3) is 5.91 Å². The Morgan fingerprint density at radius 2 is 2.11 bits per heavy atom. The van der Waals surface area contributed by atoms with Crippen LogP contribution in [0.2, 0.25) is 0 Å². The monoisotopic (exact) mass is 363 g/mol. The molecule has 0 bridgehead atoms. The highest BCUT2D eigenvalue weighted by Crippen LogP contribution is 2.28. The van der Waals surface area contributed by atoms with Gasteiger partial charge in [-0.15, -0.1) is 10.2 Å². The van der Waals surface area contributed by atoms with E-state index in [-0.39, 0.29) is 11.9 Å². The molecular formula is C19H17N5O3. The predicted molar refractivity (Wildman–Crippen MR) is 99.6 cm³/mol. The molecule has 4 rings (SSSR count). The molecule has 3 aromatic rings. The second-order valence-electron chi connectivity index (χ2n) is 6.11. The van der Waals surface area contributed by atoms with Gasteiger partial charge >= 0.3 is 6.03 Å². The first kappa shape index (κ1) is 16.8. The van der Waals surface area contributed by atoms with E-state index in [0.717, 1.165) is 11.3 Å². The Morgan fingerprint density at radius 1 is 1.26 bits per heavy atom. The Morgan fingerprint density at radius 3 is 2.85 bits per heavy atom. The van der Waals surface area contributed by atoms with Crippen LogP contribution in [0.1, 0.15) is 15.9 Å². The van der Waals surface area contributed by atoms with Crippen LogP contribution in [0.3, 0.4) is 0 Å². The minimum atomic E-state index is -0.262. The average Bonchev–Trinajstić information content (AvgIpc) is 3.35. The molecule has 0 aliphatic carbocycles. The summed E-state index contributed by atoms with van der Waals surface area (Å²) >= 11 is 0. The Balaban J connectivity index is 1.59. The van der Waals surface area contributed by atoms with Gasteiger partial charge in [0.15, 0.2) is 0 Å². The molecule has 1 aliphatic heterocycles. The van der Waals surface area contributed by atoms with E-state index in [1.807, 2.05) is 25.1 Å². The first-order valence-electron chi connectivity index (χ1n) is 8.46.